The highest BCUT2D eigenvalue weighted by atomic mass is 16.7. The lowest BCUT2D eigenvalue weighted by atomic mass is 9.83. The van der Waals surface area contributed by atoms with Crippen molar-refractivity contribution in [2.75, 3.05) is 25.0 Å². The number of ketones is 1. The van der Waals surface area contributed by atoms with Crippen molar-refractivity contribution in [1.82, 2.24) is 10.2 Å². The summed E-state index contributed by atoms with van der Waals surface area (Å²) in [5.74, 6) is -0.283. The largest absolute Gasteiger partial charge is 0.392 e. The molecule has 6 atom stereocenters. The van der Waals surface area contributed by atoms with E-state index in [-0.39, 0.29) is 36.6 Å². The van der Waals surface area contributed by atoms with Crippen molar-refractivity contribution < 1.29 is 29.3 Å². The Hall–Kier alpha value is -4.38. The van der Waals surface area contributed by atoms with Crippen molar-refractivity contribution >= 4 is 17.5 Å². The standard InChI is InChI=1S/C39H43N3O6/c1-26(44)34(21-27-9-4-2-5-10-27)41-39(46)40-32-14-8-13-31(22-32)38-47-35(24-42-20-19-33(45)23-42)36(29-11-6-3-7-12-29)37(48-38)30-17-15-28(25-43)16-18-30/h2-18,22,33-38,43,45H,19-21,23-25H2,1H3,(H2,40,41,46). The molecule has 0 aromatic heterocycles. The van der Waals surface area contributed by atoms with E-state index in [2.05, 4.69) is 27.7 Å². The predicted octanol–water partition coefficient (Wildman–Crippen LogP) is 5.51. The van der Waals surface area contributed by atoms with E-state index in [0.29, 0.717) is 25.2 Å². The number of carbonyl (C=O) groups excluding carboxylic acids is 2. The van der Waals surface area contributed by atoms with Crippen molar-refractivity contribution in [1.29, 1.82) is 0 Å². The fourth-order valence-corrected chi connectivity index (χ4v) is 6.63. The van der Waals surface area contributed by atoms with Gasteiger partial charge in [0.1, 0.15) is 0 Å². The minimum absolute atomic E-state index is 0.0493. The molecular formula is C39H43N3O6. The topological polar surface area (TPSA) is 120 Å². The SMILES string of the molecule is CC(=O)C(Cc1ccccc1)NC(=O)Nc1cccc(C2OC(CN3CCC(O)C3)C(c3ccccc3)C(c3ccc(CO)cc3)O2)c1. The van der Waals surface area contributed by atoms with E-state index in [9.17, 15) is 19.8 Å². The van der Waals surface area contributed by atoms with Crippen LogP contribution in [0.25, 0.3) is 0 Å². The van der Waals surface area contributed by atoms with Gasteiger partial charge in [0.2, 0.25) is 0 Å². The first-order chi connectivity index (χ1) is 23.4. The zero-order valence-electron chi connectivity index (χ0n) is 27.1. The van der Waals surface area contributed by atoms with Crippen LogP contribution in [0.4, 0.5) is 10.5 Å². The number of carbonyl (C=O) groups is 2. The number of Topliss-reactive ketones (excluding diaryl/α,β-unsaturated/α-hetero) is 1. The maximum Gasteiger partial charge on any atom is 0.319 e. The Morgan fingerprint density at radius 3 is 2.23 bits per heavy atom. The number of urea groups is 1. The van der Waals surface area contributed by atoms with Crippen LogP contribution in [0.2, 0.25) is 0 Å². The summed E-state index contributed by atoms with van der Waals surface area (Å²) in [5, 5.41) is 25.7. The number of nitrogens with zero attached hydrogens (tertiary/aromatic N) is 1. The smallest absolute Gasteiger partial charge is 0.319 e. The van der Waals surface area contributed by atoms with Gasteiger partial charge in [0.25, 0.3) is 0 Å². The Bertz CT molecular complexity index is 1650. The summed E-state index contributed by atoms with van der Waals surface area (Å²) in [6.07, 6.45) is -0.662. The highest BCUT2D eigenvalue weighted by Crippen LogP contribution is 2.47. The number of likely N-dealkylation sites (tertiary alicyclic amines) is 1. The molecule has 0 radical (unpaired) electrons. The molecule has 48 heavy (non-hydrogen) atoms. The summed E-state index contributed by atoms with van der Waals surface area (Å²) in [7, 11) is 0. The molecule has 2 aliphatic rings. The first-order valence-electron chi connectivity index (χ1n) is 16.5. The van der Waals surface area contributed by atoms with Crippen LogP contribution in [0.15, 0.2) is 109 Å². The zero-order chi connectivity index (χ0) is 33.5. The number of aliphatic hydroxyl groups excluding tert-OH is 2. The maximum atomic E-state index is 13.1. The molecule has 6 unspecified atom stereocenters. The summed E-state index contributed by atoms with van der Waals surface area (Å²) >= 11 is 0. The van der Waals surface area contributed by atoms with Crippen LogP contribution >= 0.6 is 0 Å². The number of β-amino-alcohol motifs (C(OH)–C–C–N with tert-alkyl or cyclic N) is 1. The minimum Gasteiger partial charge on any atom is -0.392 e. The number of rotatable bonds is 11. The molecule has 2 saturated heterocycles. The third-order valence-corrected chi connectivity index (χ3v) is 9.15. The van der Waals surface area contributed by atoms with Crippen LogP contribution in [0.3, 0.4) is 0 Å². The molecule has 6 rings (SSSR count). The third kappa shape index (κ3) is 8.36. The predicted molar refractivity (Wildman–Crippen MR) is 183 cm³/mol. The molecule has 4 N–H and O–H groups in total. The number of hydrogen-bond acceptors (Lipinski definition) is 7. The molecule has 2 fully saturated rings. The van der Waals surface area contributed by atoms with Gasteiger partial charge in [-0.25, -0.2) is 4.79 Å². The van der Waals surface area contributed by atoms with E-state index in [4.69, 9.17) is 9.47 Å². The molecule has 4 aromatic rings. The van der Waals surface area contributed by atoms with Crippen molar-refractivity contribution in [2.45, 2.75) is 62.9 Å². The van der Waals surface area contributed by atoms with E-state index in [1.54, 1.807) is 6.07 Å². The van der Waals surface area contributed by atoms with Crippen LogP contribution in [0.5, 0.6) is 0 Å². The molecule has 2 amide bonds. The van der Waals surface area contributed by atoms with E-state index in [1.165, 1.54) is 6.92 Å². The summed E-state index contributed by atoms with van der Waals surface area (Å²) in [6, 6.07) is 33.8. The van der Waals surface area contributed by atoms with E-state index in [0.717, 1.165) is 40.8 Å². The minimum atomic E-state index is -0.752. The van der Waals surface area contributed by atoms with Crippen molar-refractivity contribution in [3.63, 3.8) is 0 Å². The number of anilines is 1. The fraction of sp³-hybridized carbons (Fsp3) is 0.333. The van der Waals surface area contributed by atoms with Gasteiger partial charge in [-0.3, -0.25) is 9.69 Å². The highest BCUT2D eigenvalue weighted by molar-refractivity contribution is 5.93. The second kappa shape index (κ2) is 15.7. The molecule has 0 saturated carbocycles. The molecular weight excluding hydrogens is 606 g/mol. The molecule has 9 nitrogen and oxygen atoms in total. The average molecular weight is 650 g/mol. The van der Waals surface area contributed by atoms with Gasteiger partial charge in [-0.15, -0.1) is 0 Å². The fourth-order valence-electron chi connectivity index (χ4n) is 6.63. The second-order valence-corrected chi connectivity index (χ2v) is 12.7. The van der Waals surface area contributed by atoms with Gasteiger partial charge in [-0.05, 0) is 54.2 Å². The van der Waals surface area contributed by atoms with Crippen molar-refractivity contribution in [3.8, 4) is 0 Å². The van der Waals surface area contributed by atoms with E-state index >= 15 is 0 Å². The first-order valence-corrected chi connectivity index (χ1v) is 16.5. The molecule has 0 spiro atoms. The maximum absolute atomic E-state index is 13.1. The summed E-state index contributed by atoms with van der Waals surface area (Å²) in [6.45, 7) is 3.40. The average Bonchev–Trinajstić information content (AvgIpc) is 3.52. The Balaban J connectivity index is 1.26. The molecule has 0 aliphatic carbocycles. The molecule has 2 aliphatic heterocycles. The molecule has 4 aromatic carbocycles. The van der Waals surface area contributed by atoms with Gasteiger partial charge >= 0.3 is 6.03 Å². The van der Waals surface area contributed by atoms with Crippen LogP contribution in [0, 0.1) is 0 Å². The van der Waals surface area contributed by atoms with Gasteiger partial charge in [-0.1, -0.05) is 97.1 Å². The van der Waals surface area contributed by atoms with Crippen LogP contribution < -0.4 is 10.6 Å². The van der Waals surface area contributed by atoms with E-state index in [1.807, 2.05) is 91.0 Å². The van der Waals surface area contributed by atoms with Crippen LogP contribution in [-0.2, 0) is 27.3 Å². The van der Waals surface area contributed by atoms with Crippen LogP contribution in [0.1, 0.15) is 59.5 Å². The molecule has 250 valence electrons. The Kier molecular flexibility index (Phi) is 10.9. The first kappa shape index (κ1) is 33.5. The lowest BCUT2D eigenvalue weighted by Crippen LogP contribution is -2.44. The van der Waals surface area contributed by atoms with Gasteiger partial charge in [0, 0.05) is 36.8 Å². The van der Waals surface area contributed by atoms with Gasteiger partial charge in [-0.2, -0.15) is 0 Å². The Labute approximate surface area is 281 Å². The number of amides is 2. The molecule has 2 heterocycles. The number of aliphatic hydroxyl groups is 2. The monoisotopic (exact) mass is 649 g/mol. The number of nitrogens with one attached hydrogen (secondary N) is 2. The number of hydrogen-bond donors (Lipinski definition) is 4. The molecule has 0 bridgehead atoms. The quantitative estimate of drug-likeness (QED) is 0.169. The van der Waals surface area contributed by atoms with Gasteiger partial charge in [0.15, 0.2) is 12.1 Å². The highest BCUT2D eigenvalue weighted by Gasteiger charge is 2.43. The molecule has 9 heteroatoms. The second-order valence-electron chi connectivity index (χ2n) is 12.7. The zero-order valence-corrected chi connectivity index (χ0v) is 27.1. The normalized spacial score (nSPS) is 23.4. The van der Waals surface area contributed by atoms with Crippen LogP contribution in [-0.4, -0.2) is 64.8 Å². The number of ether oxygens (including phenoxy) is 2. The van der Waals surface area contributed by atoms with Gasteiger partial charge in [0.05, 0.1) is 31.0 Å². The third-order valence-electron chi connectivity index (χ3n) is 9.15. The van der Waals surface area contributed by atoms with Gasteiger partial charge < -0.3 is 30.3 Å². The Morgan fingerprint density at radius 2 is 1.56 bits per heavy atom. The van der Waals surface area contributed by atoms with Crippen molar-refractivity contribution in [3.05, 3.63) is 137 Å². The van der Waals surface area contributed by atoms with E-state index < -0.39 is 18.4 Å². The lowest BCUT2D eigenvalue weighted by molar-refractivity contribution is -0.263. The summed E-state index contributed by atoms with van der Waals surface area (Å²) in [4.78, 5) is 27.7. The number of benzene rings is 4. The summed E-state index contributed by atoms with van der Waals surface area (Å²) in [5.41, 5.74) is 5.08. The lowest BCUT2D eigenvalue weighted by Gasteiger charge is -2.44. The van der Waals surface area contributed by atoms with Crippen molar-refractivity contribution in [2.24, 2.45) is 0 Å². The summed E-state index contributed by atoms with van der Waals surface area (Å²) < 4.78 is 13.6. The Morgan fingerprint density at radius 1 is 0.854 bits per heavy atom.